The monoisotopic (exact) mass is 472 g/mol. The second-order valence-electron chi connectivity index (χ2n) is 7.89. The quantitative estimate of drug-likeness (QED) is 0.372. The van der Waals surface area contributed by atoms with Crippen molar-refractivity contribution in [2.45, 2.75) is 49.3 Å². The van der Waals surface area contributed by atoms with Gasteiger partial charge in [0.25, 0.3) is 0 Å². The van der Waals surface area contributed by atoms with E-state index in [1.165, 1.54) is 30.0 Å². The van der Waals surface area contributed by atoms with Crippen LogP contribution in [0.2, 0.25) is 10.0 Å². The third-order valence-corrected chi connectivity index (χ3v) is 7.06. The molecule has 1 aromatic carbocycles. The number of aliphatic imine (C=N–C) groups is 2. The first-order chi connectivity index (χ1) is 14.5. The molecular weight excluding hydrogens is 451 g/mol. The maximum absolute atomic E-state index is 12.9. The van der Waals surface area contributed by atoms with Crippen LogP contribution >= 0.6 is 23.2 Å². The molecule has 31 heavy (non-hydrogen) atoms. The molecule has 0 amide bonds. The predicted octanol–water partition coefficient (Wildman–Crippen LogP) is -0.252. The molecule has 0 radical (unpaired) electrons. The number of hydrogen-bond acceptors (Lipinski definition) is 11. The highest BCUT2D eigenvalue weighted by atomic mass is 35.5. The standard InChI is InChI=1S/C18H22Cl2N6O5/c1-7-13(31-14(28)8-4-3-5-9(19)11(8)20)17(2,29)18-12(24-16(22)26(18)30)10(6-27)23-15(21)25(7)18/h3-5,7,10,12-13,27,29-30H,6H2,1-2H3,(H2,21,23)(H2,22,24). The van der Waals surface area contributed by atoms with E-state index in [2.05, 4.69) is 9.98 Å². The number of ether oxygens (including phenoxy) is 1. The number of carbonyl (C=O) groups is 1. The van der Waals surface area contributed by atoms with Gasteiger partial charge in [-0.05, 0) is 26.0 Å². The van der Waals surface area contributed by atoms with Crippen LogP contribution in [0.1, 0.15) is 24.2 Å². The Labute approximate surface area is 187 Å². The van der Waals surface area contributed by atoms with Gasteiger partial charge in [-0.15, -0.1) is 0 Å². The van der Waals surface area contributed by atoms with E-state index in [1.54, 1.807) is 6.92 Å². The van der Waals surface area contributed by atoms with E-state index in [4.69, 9.17) is 39.4 Å². The van der Waals surface area contributed by atoms with Crippen molar-refractivity contribution in [1.29, 1.82) is 0 Å². The highest BCUT2D eigenvalue weighted by Crippen LogP contribution is 2.53. The fourth-order valence-corrected chi connectivity index (χ4v) is 5.33. The van der Waals surface area contributed by atoms with Crippen LogP contribution in [0.25, 0.3) is 0 Å². The molecule has 1 aromatic rings. The van der Waals surface area contributed by atoms with Gasteiger partial charge in [-0.2, -0.15) is 5.06 Å². The number of rotatable bonds is 3. The Kier molecular flexibility index (Phi) is 5.02. The van der Waals surface area contributed by atoms with Gasteiger partial charge in [0, 0.05) is 0 Å². The highest BCUT2D eigenvalue weighted by Gasteiger charge is 2.77. The lowest BCUT2D eigenvalue weighted by Gasteiger charge is -2.52. The van der Waals surface area contributed by atoms with E-state index in [9.17, 15) is 20.2 Å². The number of hydrogen-bond donors (Lipinski definition) is 5. The average molecular weight is 473 g/mol. The van der Waals surface area contributed by atoms with Gasteiger partial charge >= 0.3 is 5.97 Å². The molecular formula is C18H22Cl2N6O5. The van der Waals surface area contributed by atoms with Gasteiger partial charge in [0.05, 0.1) is 28.3 Å². The lowest BCUT2D eigenvalue weighted by molar-refractivity contribution is -0.229. The molecule has 0 bridgehead atoms. The Hall–Kier alpha value is -2.31. The molecule has 1 spiro atoms. The minimum atomic E-state index is -1.97. The summed E-state index contributed by atoms with van der Waals surface area (Å²) in [5, 5.41) is 33.2. The summed E-state index contributed by atoms with van der Waals surface area (Å²) >= 11 is 12.1. The molecule has 13 heteroatoms. The molecule has 7 N–H and O–H groups in total. The summed E-state index contributed by atoms with van der Waals surface area (Å²) in [6, 6.07) is 1.85. The molecule has 3 aliphatic rings. The molecule has 1 saturated heterocycles. The molecule has 6 unspecified atom stereocenters. The minimum Gasteiger partial charge on any atom is -0.453 e. The zero-order valence-electron chi connectivity index (χ0n) is 16.6. The van der Waals surface area contributed by atoms with Crippen LogP contribution in [0, 0.1) is 0 Å². The fourth-order valence-electron chi connectivity index (χ4n) is 4.95. The topological polar surface area (TPSA) is 170 Å². The van der Waals surface area contributed by atoms with Crippen LogP contribution in [0.3, 0.4) is 0 Å². The zero-order chi connectivity index (χ0) is 22.9. The van der Waals surface area contributed by atoms with Crippen LogP contribution < -0.4 is 11.5 Å². The molecule has 0 aliphatic carbocycles. The minimum absolute atomic E-state index is 0.00636. The van der Waals surface area contributed by atoms with Crippen molar-refractivity contribution in [3.05, 3.63) is 33.8 Å². The van der Waals surface area contributed by atoms with Gasteiger partial charge in [0.15, 0.2) is 12.1 Å². The summed E-state index contributed by atoms with van der Waals surface area (Å²) in [6.45, 7) is 2.55. The molecule has 0 saturated carbocycles. The molecule has 0 aromatic heterocycles. The zero-order valence-corrected chi connectivity index (χ0v) is 18.1. The maximum Gasteiger partial charge on any atom is 0.340 e. The molecule has 11 nitrogen and oxygen atoms in total. The number of nitrogens with two attached hydrogens (primary N) is 2. The predicted molar refractivity (Wildman–Crippen MR) is 112 cm³/mol. The average Bonchev–Trinajstić information content (AvgIpc) is 3.08. The third-order valence-electron chi connectivity index (χ3n) is 6.24. The fraction of sp³-hybridized carbons (Fsp3) is 0.500. The number of aliphatic hydroxyl groups excluding tert-OH is 1. The Morgan fingerprint density at radius 3 is 2.61 bits per heavy atom. The van der Waals surface area contributed by atoms with Crippen molar-refractivity contribution in [1.82, 2.24) is 9.96 Å². The Morgan fingerprint density at radius 1 is 1.29 bits per heavy atom. The van der Waals surface area contributed by atoms with E-state index in [1.807, 2.05) is 0 Å². The van der Waals surface area contributed by atoms with Crippen molar-refractivity contribution >= 4 is 41.1 Å². The Morgan fingerprint density at radius 2 is 1.97 bits per heavy atom. The van der Waals surface area contributed by atoms with Crippen LogP contribution in [0.4, 0.5) is 0 Å². The summed E-state index contributed by atoms with van der Waals surface area (Å²) in [5.41, 5.74) is 8.29. The number of carbonyl (C=O) groups excluding carboxylic acids is 1. The van der Waals surface area contributed by atoms with Crippen molar-refractivity contribution in [3.63, 3.8) is 0 Å². The van der Waals surface area contributed by atoms with Crippen LogP contribution in [-0.2, 0) is 4.74 Å². The summed E-state index contributed by atoms with van der Waals surface area (Å²) < 4.78 is 5.68. The first-order valence-corrected chi connectivity index (χ1v) is 10.2. The van der Waals surface area contributed by atoms with Crippen molar-refractivity contribution < 1.29 is 25.0 Å². The Bertz CT molecular complexity index is 1000. The summed E-state index contributed by atoms with van der Waals surface area (Å²) in [7, 11) is 0. The van der Waals surface area contributed by atoms with Gasteiger partial charge in [0.1, 0.15) is 17.7 Å². The number of nitrogens with zero attached hydrogens (tertiary/aromatic N) is 4. The lowest BCUT2D eigenvalue weighted by Crippen LogP contribution is -2.77. The number of esters is 1. The molecule has 168 valence electrons. The molecule has 6 atom stereocenters. The van der Waals surface area contributed by atoms with Gasteiger partial charge in [0.2, 0.25) is 11.6 Å². The summed E-state index contributed by atoms with van der Waals surface area (Å²) in [4.78, 5) is 22.8. The molecule has 1 fully saturated rings. The van der Waals surface area contributed by atoms with Crippen molar-refractivity contribution in [3.8, 4) is 0 Å². The van der Waals surface area contributed by atoms with Crippen molar-refractivity contribution in [2.24, 2.45) is 21.5 Å². The second-order valence-corrected chi connectivity index (χ2v) is 8.68. The number of aliphatic hydroxyl groups is 2. The normalized spacial score (nSPS) is 36.6. The largest absolute Gasteiger partial charge is 0.453 e. The van der Waals surface area contributed by atoms with E-state index in [-0.39, 0.29) is 27.5 Å². The summed E-state index contributed by atoms with van der Waals surface area (Å²) in [6.07, 6.45) is -1.22. The molecule has 3 heterocycles. The highest BCUT2D eigenvalue weighted by molar-refractivity contribution is 6.43. The van der Waals surface area contributed by atoms with Gasteiger partial charge in [-0.1, -0.05) is 29.3 Å². The molecule has 4 rings (SSSR count). The summed E-state index contributed by atoms with van der Waals surface area (Å²) in [5.74, 6) is -1.20. The van der Waals surface area contributed by atoms with Crippen LogP contribution in [0.5, 0.6) is 0 Å². The van der Waals surface area contributed by atoms with E-state index in [0.29, 0.717) is 5.06 Å². The SMILES string of the molecule is CC1C(OC(=O)c2cccc(Cl)c2Cl)C(C)(O)C23C(N=C(N)N2O)C(CO)N=C(N)N13. The lowest BCUT2D eigenvalue weighted by atomic mass is 9.79. The van der Waals surface area contributed by atoms with E-state index < -0.39 is 48.1 Å². The number of benzene rings is 1. The smallest absolute Gasteiger partial charge is 0.340 e. The van der Waals surface area contributed by atoms with Gasteiger partial charge in [-0.25, -0.2) is 14.8 Å². The number of halogens is 2. The van der Waals surface area contributed by atoms with Gasteiger partial charge < -0.3 is 31.3 Å². The van der Waals surface area contributed by atoms with Crippen LogP contribution in [-0.4, -0.2) is 85.4 Å². The van der Waals surface area contributed by atoms with E-state index in [0.717, 1.165) is 0 Å². The second kappa shape index (κ2) is 7.10. The maximum atomic E-state index is 12.9. The number of guanidine groups is 2. The molecule has 3 aliphatic heterocycles. The van der Waals surface area contributed by atoms with Crippen LogP contribution in [0.15, 0.2) is 28.2 Å². The van der Waals surface area contributed by atoms with E-state index >= 15 is 0 Å². The number of hydroxylamine groups is 2. The first-order valence-electron chi connectivity index (χ1n) is 9.43. The van der Waals surface area contributed by atoms with Crippen molar-refractivity contribution in [2.75, 3.05) is 6.61 Å². The third kappa shape index (κ3) is 2.67. The van der Waals surface area contributed by atoms with Gasteiger partial charge in [-0.3, -0.25) is 5.21 Å². The first kappa shape index (κ1) is 21.9. The Balaban J connectivity index is 1.79.